The van der Waals surface area contributed by atoms with E-state index in [4.69, 9.17) is 0 Å². The number of hydrogen-bond donors (Lipinski definition) is 2. The zero-order chi connectivity index (χ0) is 12.5. The zero-order valence-electron chi connectivity index (χ0n) is 10.7. The molecule has 0 aromatic heterocycles. The molecule has 0 bridgehead atoms. The van der Waals surface area contributed by atoms with E-state index in [0.29, 0.717) is 0 Å². The maximum absolute atomic E-state index is 11.6. The van der Waals surface area contributed by atoms with Crippen molar-refractivity contribution >= 4 is 17.3 Å². The SMILES string of the molecule is CC1Cc2cc(N3CCNCC3)ccc2NC1=O. The van der Waals surface area contributed by atoms with Gasteiger partial charge in [0.25, 0.3) is 0 Å². The van der Waals surface area contributed by atoms with Gasteiger partial charge in [-0.05, 0) is 30.2 Å². The number of piperazine rings is 1. The van der Waals surface area contributed by atoms with Crippen LogP contribution in [0.15, 0.2) is 18.2 Å². The van der Waals surface area contributed by atoms with Crippen molar-refractivity contribution in [3.8, 4) is 0 Å². The normalized spacial score (nSPS) is 23.5. The van der Waals surface area contributed by atoms with Gasteiger partial charge in [0.2, 0.25) is 5.91 Å². The third-order valence-electron chi connectivity index (χ3n) is 3.80. The fourth-order valence-corrected chi connectivity index (χ4v) is 2.67. The number of rotatable bonds is 1. The summed E-state index contributed by atoms with van der Waals surface area (Å²) in [5.74, 6) is 0.216. The van der Waals surface area contributed by atoms with Crippen molar-refractivity contribution in [2.24, 2.45) is 5.92 Å². The number of benzene rings is 1. The molecule has 1 aromatic carbocycles. The predicted octanol–water partition coefficient (Wildman–Crippen LogP) is 1.23. The minimum atomic E-state index is 0.0794. The lowest BCUT2D eigenvalue weighted by Crippen LogP contribution is -2.43. The fourth-order valence-electron chi connectivity index (χ4n) is 2.67. The van der Waals surface area contributed by atoms with Crippen LogP contribution in [0.2, 0.25) is 0 Å². The van der Waals surface area contributed by atoms with Crippen LogP contribution in [0.25, 0.3) is 0 Å². The highest BCUT2D eigenvalue weighted by molar-refractivity contribution is 5.95. The van der Waals surface area contributed by atoms with E-state index in [-0.39, 0.29) is 11.8 Å². The smallest absolute Gasteiger partial charge is 0.227 e. The van der Waals surface area contributed by atoms with E-state index >= 15 is 0 Å². The van der Waals surface area contributed by atoms with E-state index in [1.807, 2.05) is 13.0 Å². The first-order valence-corrected chi connectivity index (χ1v) is 6.63. The van der Waals surface area contributed by atoms with Crippen molar-refractivity contribution in [1.82, 2.24) is 5.32 Å². The third-order valence-corrected chi connectivity index (χ3v) is 3.80. The summed E-state index contributed by atoms with van der Waals surface area (Å²) >= 11 is 0. The van der Waals surface area contributed by atoms with Gasteiger partial charge in [0, 0.05) is 43.5 Å². The number of carbonyl (C=O) groups excluding carboxylic acids is 1. The largest absolute Gasteiger partial charge is 0.369 e. The van der Waals surface area contributed by atoms with Gasteiger partial charge in [-0.2, -0.15) is 0 Å². The van der Waals surface area contributed by atoms with E-state index in [0.717, 1.165) is 38.3 Å². The van der Waals surface area contributed by atoms with Crippen molar-refractivity contribution in [3.63, 3.8) is 0 Å². The summed E-state index contributed by atoms with van der Waals surface area (Å²) in [7, 11) is 0. The Morgan fingerprint density at radius 1 is 1.28 bits per heavy atom. The van der Waals surface area contributed by atoms with Crippen LogP contribution in [0, 0.1) is 5.92 Å². The first-order valence-electron chi connectivity index (χ1n) is 6.63. The molecule has 2 aliphatic heterocycles. The minimum Gasteiger partial charge on any atom is -0.369 e. The molecule has 1 fully saturated rings. The molecule has 2 aliphatic rings. The van der Waals surface area contributed by atoms with Crippen molar-refractivity contribution in [2.75, 3.05) is 36.4 Å². The Morgan fingerprint density at radius 3 is 2.83 bits per heavy atom. The quantitative estimate of drug-likeness (QED) is 0.782. The summed E-state index contributed by atoms with van der Waals surface area (Å²) in [5.41, 5.74) is 3.52. The molecule has 0 aliphatic carbocycles. The van der Waals surface area contributed by atoms with Crippen molar-refractivity contribution in [2.45, 2.75) is 13.3 Å². The minimum absolute atomic E-state index is 0.0794. The molecule has 0 spiro atoms. The van der Waals surface area contributed by atoms with Crippen LogP contribution in [-0.4, -0.2) is 32.1 Å². The van der Waals surface area contributed by atoms with Crippen LogP contribution in [0.5, 0.6) is 0 Å². The molecule has 96 valence electrons. The van der Waals surface area contributed by atoms with Crippen LogP contribution in [0.4, 0.5) is 11.4 Å². The van der Waals surface area contributed by atoms with E-state index in [2.05, 4.69) is 27.7 Å². The highest BCUT2D eigenvalue weighted by Crippen LogP contribution is 2.29. The van der Waals surface area contributed by atoms with Crippen LogP contribution in [0.1, 0.15) is 12.5 Å². The summed E-state index contributed by atoms with van der Waals surface area (Å²) < 4.78 is 0. The highest BCUT2D eigenvalue weighted by atomic mass is 16.1. The number of nitrogens with zero attached hydrogens (tertiary/aromatic N) is 1. The number of nitrogens with one attached hydrogen (secondary N) is 2. The summed E-state index contributed by atoms with van der Waals surface area (Å²) in [4.78, 5) is 14.0. The first-order chi connectivity index (χ1) is 8.74. The summed E-state index contributed by atoms with van der Waals surface area (Å²) in [6.07, 6.45) is 0.848. The Balaban J connectivity index is 1.86. The Hall–Kier alpha value is -1.55. The van der Waals surface area contributed by atoms with Gasteiger partial charge in [0.1, 0.15) is 0 Å². The van der Waals surface area contributed by atoms with E-state index in [1.54, 1.807) is 0 Å². The molecule has 4 heteroatoms. The van der Waals surface area contributed by atoms with E-state index in [1.165, 1.54) is 11.3 Å². The van der Waals surface area contributed by atoms with Gasteiger partial charge in [-0.15, -0.1) is 0 Å². The van der Waals surface area contributed by atoms with Gasteiger partial charge in [0.05, 0.1) is 0 Å². The molecule has 1 unspecified atom stereocenters. The monoisotopic (exact) mass is 245 g/mol. The topological polar surface area (TPSA) is 44.4 Å². The summed E-state index contributed by atoms with van der Waals surface area (Å²) in [5, 5.41) is 6.33. The lowest BCUT2D eigenvalue weighted by molar-refractivity contribution is -0.119. The Morgan fingerprint density at radius 2 is 2.06 bits per heavy atom. The highest BCUT2D eigenvalue weighted by Gasteiger charge is 2.23. The van der Waals surface area contributed by atoms with Crippen molar-refractivity contribution in [1.29, 1.82) is 0 Å². The third kappa shape index (κ3) is 2.08. The van der Waals surface area contributed by atoms with Gasteiger partial charge in [-0.3, -0.25) is 4.79 Å². The van der Waals surface area contributed by atoms with Gasteiger partial charge >= 0.3 is 0 Å². The van der Waals surface area contributed by atoms with Crippen molar-refractivity contribution in [3.05, 3.63) is 23.8 Å². The van der Waals surface area contributed by atoms with Crippen LogP contribution >= 0.6 is 0 Å². The van der Waals surface area contributed by atoms with E-state index < -0.39 is 0 Å². The number of carbonyl (C=O) groups is 1. The Labute approximate surface area is 107 Å². The zero-order valence-corrected chi connectivity index (χ0v) is 10.7. The van der Waals surface area contributed by atoms with Crippen LogP contribution < -0.4 is 15.5 Å². The predicted molar refractivity (Wildman–Crippen MR) is 73.0 cm³/mol. The standard InChI is InChI=1S/C14H19N3O/c1-10-8-11-9-12(17-6-4-15-5-7-17)2-3-13(11)16-14(10)18/h2-3,9-10,15H,4-8H2,1H3,(H,16,18). The van der Waals surface area contributed by atoms with Crippen molar-refractivity contribution < 1.29 is 4.79 Å². The lowest BCUT2D eigenvalue weighted by Gasteiger charge is -2.31. The second kappa shape index (κ2) is 4.61. The van der Waals surface area contributed by atoms with Gasteiger partial charge < -0.3 is 15.5 Å². The molecule has 1 aromatic rings. The molecule has 1 amide bonds. The number of amides is 1. The summed E-state index contributed by atoms with van der Waals surface area (Å²) in [6, 6.07) is 6.38. The van der Waals surface area contributed by atoms with Gasteiger partial charge in [-0.1, -0.05) is 6.92 Å². The Bertz CT molecular complexity index is 466. The number of hydrogen-bond acceptors (Lipinski definition) is 3. The molecule has 3 rings (SSSR count). The molecule has 18 heavy (non-hydrogen) atoms. The first kappa shape index (κ1) is 11.5. The molecular formula is C14H19N3O. The average molecular weight is 245 g/mol. The summed E-state index contributed by atoms with van der Waals surface area (Å²) in [6.45, 7) is 6.19. The second-order valence-electron chi connectivity index (χ2n) is 5.17. The molecule has 2 N–H and O–H groups in total. The Kier molecular flexibility index (Phi) is 2.96. The number of fused-ring (bicyclic) bond motifs is 1. The van der Waals surface area contributed by atoms with Crippen LogP contribution in [-0.2, 0) is 11.2 Å². The lowest BCUT2D eigenvalue weighted by atomic mass is 9.94. The molecule has 0 saturated carbocycles. The fraction of sp³-hybridized carbons (Fsp3) is 0.500. The maximum atomic E-state index is 11.6. The molecule has 2 heterocycles. The van der Waals surface area contributed by atoms with Gasteiger partial charge in [-0.25, -0.2) is 0 Å². The second-order valence-corrected chi connectivity index (χ2v) is 5.17. The van der Waals surface area contributed by atoms with Gasteiger partial charge in [0.15, 0.2) is 0 Å². The van der Waals surface area contributed by atoms with Crippen LogP contribution in [0.3, 0.4) is 0 Å². The molecule has 4 nitrogen and oxygen atoms in total. The molecule has 1 saturated heterocycles. The molecule has 1 atom stereocenters. The molecular weight excluding hydrogens is 226 g/mol. The number of anilines is 2. The van der Waals surface area contributed by atoms with E-state index in [9.17, 15) is 4.79 Å². The average Bonchev–Trinajstić information content (AvgIpc) is 2.41. The maximum Gasteiger partial charge on any atom is 0.227 e. The molecule has 0 radical (unpaired) electrons.